The molecular weight excluding hydrogens is 321 g/mol. The van der Waals surface area contributed by atoms with E-state index in [1.165, 1.54) is 6.07 Å². The first-order chi connectivity index (χ1) is 9.27. The maximum Gasteiger partial charge on any atom is 0.324 e. The molecule has 20 heavy (non-hydrogen) atoms. The van der Waals surface area contributed by atoms with E-state index in [1.54, 1.807) is 0 Å². The average Bonchev–Trinajstić information content (AvgIpc) is 2.36. The van der Waals surface area contributed by atoms with Crippen LogP contribution in [0.25, 0.3) is 0 Å². The highest BCUT2D eigenvalue weighted by molar-refractivity contribution is 6.37. The Morgan fingerprint density at radius 2 is 1.75 bits per heavy atom. The third kappa shape index (κ3) is 4.56. The summed E-state index contributed by atoms with van der Waals surface area (Å²) in [6.45, 7) is 1.21. The van der Waals surface area contributed by atoms with Gasteiger partial charge in [-0.05, 0) is 12.5 Å². The smallest absolute Gasteiger partial charge is 0.324 e. The monoisotopic (exact) mass is 333 g/mol. The van der Waals surface area contributed by atoms with Gasteiger partial charge < -0.3 is 10.6 Å². The maximum absolute atomic E-state index is 12.8. The first kappa shape index (κ1) is 17.1. The molecule has 1 heterocycles. The number of nitrogens with zero attached hydrogens (tertiary/aromatic N) is 1. The molecule has 0 fully saturated rings. The number of anilines is 2. The molecule has 1 aromatic rings. The van der Waals surface area contributed by atoms with Gasteiger partial charge in [-0.15, -0.1) is 0 Å². The number of rotatable bonds is 7. The fraction of sp³-hybridized carbons (Fsp3) is 0.545. The van der Waals surface area contributed by atoms with Crippen LogP contribution in [0.5, 0.6) is 0 Å². The minimum absolute atomic E-state index is 0.0258. The minimum Gasteiger partial charge on any atom is -0.369 e. The van der Waals surface area contributed by atoms with Gasteiger partial charge in [0, 0.05) is 6.54 Å². The van der Waals surface area contributed by atoms with Gasteiger partial charge in [-0.3, -0.25) is 0 Å². The van der Waals surface area contributed by atoms with Crippen LogP contribution in [-0.4, -0.2) is 30.4 Å². The van der Waals surface area contributed by atoms with Crippen molar-refractivity contribution in [3.63, 3.8) is 0 Å². The highest BCUT2D eigenvalue weighted by atomic mass is 35.5. The van der Waals surface area contributed by atoms with E-state index in [2.05, 4.69) is 15.6 Å². The molecule has 114 valence electrons. The molecular formula is C11H13Cl2F4N3. The van der Waals surface area contributed by atoms with Crippen LogP contribution in [0, 0.1) is 0 Å². The highest BCUT2D eigenvalue weighted by Crippen LogP contribution is 2.30. The van der Waals surface area contributed by atoms with Crippen LogP contribution < -0.4 is 10.6 Å². The van der Waals surface area contributed by atoms with Crippen LogP contribution in [0.3, 0.4) is 0 Å². The lowest BCUT2D eigenvalue weighted by Crippen LogP contribution is -2.35. The van der Waals surface area contributed by atoms with E-state index in [9.17, 15) is 17.6 Å². The number of alkyl halides is 4. The molecule has 0 amide bonds. The molecule has 0 aliphatic carbocycles. The molecule has 0 saturated heterocycles. The van der Waals surface area contributed by atoms with Gasteiger partial charge in [-0.2, -0.15) is 8.78 Å². The standard InChI is InChI=1S/C11H13Cl2F4N3/c1-2-3-18-8-6(12)4-7(13)9(20-8)19-5-11(16,17)10(14)15/h4,10H,2-3,5H2,1H3,(H2,18,19,20). The molecule has 2 N–H and O–H groups in total. The highest BCUT2D eigenvalue weighted by Gasteiger charge is 2.40. The molecule has 0 bridgehead atoms. The van der Waals surface area contributed by atoms with Gasteiger partial charge in [-0.1, -0.05) is 30.1 Å². The van der Waals surface area contributed by atoms with Crippen molar-refractivity contribution in [1.82, 2.24) is 4.98 Å². The Kier molecular flexibility index (Phi) is 6.13. The number of nitrogens with one attached hydrogen (secondary N) is 2. The third-order valence-electron chi connectivity index (χ3n) is 2.28. The average molecular weight is 334 g/mol. The van der Waals surface area contributed by atoms with E-state index < -0.39 is 18.9 Å². The number of hydrogen-bond acceptors (Lipinski definition) is 3. The number of aromatic nitrogens is 1. The fourth-order valence-corrected chi connectivity index (χ4v) is 1.73. The fourth-order valence-electron chi connectivity index (χ4n) is 1.24. The van der Waals surface area contributed by atoms with Crippen molar-refractivity contribution in [2.24, 2.45) is 0 Å². The second kappa shape index (κ2) is 7.17. The van der Waals surface area contributed by atoms with Gasteiger partial charge in [0.1, 0.15) is 11.6 Å². The third-order valence-corrected chi connectivity index (χ3v) is 2.86. The van der Waals surface area contributed by atoms with Gasteiger partial charge in [0.05, 0.1) is 16.6 Å². The number of pyridine rings is 1. The molecule has 3 nitrogen and oxygen atoms in total. The van der Waals surface area contributed by atoms with Crippen molar-refractivity contribution < 1.29 is 17.6 Å². The van der Waals surface area contributed by atoms with Crippen LogP contribution in [-0.2, 0) is 0 Å². The number of hydrogen-bond donors (Lipinski definition) is 2. The van der Waals surface area contributed by atoms with Crippen LogP contribution >= 0.6 is 23.2 Å². The lowest BCUT2D eigenvalue weighted by atomic mass is 10.3. The Hall–Kier alpha value is -0.950. The summed E-state index contributed by atoms with van der Waals surface area (Å²) in [4.78, 5) is 3.91. The zero-order valence-corrected chi connectivity index (χ0v) is 12.0. The summed E-state index contributed by atoms with van der Waals surface area (Å²) in [5, 5.41) is 5.17. The van der Waals surface area contributed by atoms with Gasteiger partial charge in [0.25, 0.3) is 0 Å². The van der Waals surface area contributed by atoms with Gasteiger partial charge >= 0.3 is 12.3 Å². The van der Waals surface area contributed by atoms with Crippen molar-refractivity contribution in [2.75, 3.05) is 23.7 Å². The molecule has 0 spiro atoms. The van der Waals surface area contributed by atoms with Crippen molar-refractivity contribution in [3.8, 4) is 0 Å². The Morgan fingerprint density at radius 1 is 1.20 bits per heavy atom. The summed E-state index contributed by atoms with van der Waals surface area (Å²) in [5.74, 6) is -4.04. The van der Waals surface area contributed by atoms with Crippen molar-refractivity contribution in [1.29, 1.82) is 0 Å². The lowest BCUT2D eigenvalue weighted by molar-refractivity contribution is -0.117. The molecule has 0 aliphatic rings. The van der Waals surface area contributed by atoms with Crippen LogP contribution in [0.1, 0.15) is 13.3 Å². The molecule has 0 atom stereocenters. The quantitative estimate of drug-likeness (QED) is 0.720. The van der Waals surface area contributed by atoms with Crippen LogP contribution in [0.2, 0.25) is 10.0 Å². The van der Waals surface area contributed by atoms with E-state index in [4.69, 9.17) is 23.2 Å². The first-order valence-corrected chi connectivity index (χ1v) is 6.53. The Labute approximate surface area is 123 Å². The molecule has 9 heteroatoms. The lowest BCUT2D eigenvalue weighted by Gasteiger charge is -2.17. The molecule has 1 aromatic heterocycles. The predicted molar refractivity (Wildman–Crippen MR) is 72.5 cm³/mol. The molecule has 1 rings (SSSR count). The Morgan fingerprint density at radius 3 is 2.25 bits per heavy atom. The summed E-state index contributed by atoms with van der Waals surface area (Å²) in [6, 6.07) is 1.30. The molecule has 0 aliphatic heterocycles. The summed E-state index contributed by atoms with van der Waals surface area (Å²) in [7, 11) is 0. The second-order valence-electron chi connectivity index (χ2n) is 3.99. The van der Waals surface area contributed by atoms with E-state index in [1.807, 2.05) is 6.92 Å². The zero-order chi connectivity index (χ0) is 15.3. The van der Waals surface area contributed by atoms with Gasteiger partial charge in [-0.25, -0.2) is 13.8 Å². The largest absolute Gasteiger partial charge is 0.369 e. The molecule has 0 saturated carbocycles. The topological polar surface area (TPSA) is 37.0 Å². The molecule has 0 aromatic carbocycles. The van der Waals surface area contributed by atoms with Crippen molar-refractivity contribution >= 4 is 34.8 Å². The molecule has 0 unspecified atom stereocenters. The Bertz CT molecular complexity index is 458. The summed E-state index contributed by atoms with van der Waals surface area (Å²) >= 11 is 11.6. The van der Waals surface area contributed by atoms with Crippen LogP contribution in [0.4, 0.5) is 29.2 Å². The van der Waals surface area contributed by atoms with E-state index in [0.29, 0.717) is 6.54 Å². The van der Waals surface area contributed by atoms with E-state index in [-0.39, 0.29) is 21.7 Å². The number of halogens is 6. The van der Waals surface area contributed by atoms with Gasteiger partial charge in [0.2, 0.25) is 0 Å². The minimum atomic E-state index is -4.17. The maximum atomic E-state index is 12.8. The summed E-state index contributed by atoms with van der Waals surface area (Å²) in [6.07, 6.45) is -2.97. The van der Waals surface area contributed by atoms with Crippen molar-refractivity contribution in [3.05, 3.63) is 16.1 Å². The van der Waals surface area contributed by atoms with Crippen molar-refractivity contribution in [2.45, 2.75) is 25.7 Å². The van der Waals surface area contributed by atoms with Gasteiger partial charge in [0.15, 0.2) is 0 Å². The Balaban J connectivity index is 2.84. The zero-order valence-electron chi connectivity index (χ0n) is 10.5. The summed E-state index contributed by atoms with van der Waals surface area (Å²) < 4.78 is 49.7. The predicted octanol–water partition coefficient (Wildman–Crippen LogP) is 4.52. The normalized spacial score (nSPS) is 11.8. The molecule has 0 radical (unpaired) electrons. The summed E-state index contributed by atoms with van der Waals surface area (Å²) in [5.41, 5.74) is 0. The van der Waals surface area contributed by atoms with E-state index in [0.717, 1.165) is 6.42 Å². The van der Waals surface area contributed by atoms with Crippen LogP contribution in [0.15, 0.2) is 6.07 Å². The SMILES string of the molecule is CCCNc1nc(NCC(F)(F)C(F)F)c(Cl)cc1Cl. The van der Waals surface area contributed by atoms with E-state index >= 15 is 0 Å². The first-order valence-electron chi connectivity index (χ1n) is 5.77. The second-order valence-corrected chi connectivity index (χ2v) is 4.81.